The van der Waals surface area contributed by atoms with Gasteiger partial charge < -0.3 is 10.2 Å². The number of allylic oxidation sites excluding steroid dienone is 1. The summed E-state index contributed by atoms with van der Waals surface area (Å²) < 4.78 is 0. The monoisotopic (exact) mass is 280 g/mol. The molecule has 0 bridgehead atoms. The molecule has 2 rings (SSSR count). The number of carboxylic acids is 1. The van der Waals surface area contributed by atoms with Gasteiger partial charge in [0.05, 0.1) is 6.10 Å². The van der Waals surface area contributed by atoms with E-state index in [-0.39, 0.29) is 6.10 Å². The van der Waals surface area contributed by atoms with Crippen LogP contribution in [0.15, 0.2) is 23.8 Å². The summed E-state index contributed by atoms with van der Waals surface area (Å²) in [5.74, 6) is 0.707. The number of fused-ring (bicyclic) bond motifs is 1. The summed E-state index contributed by atoms with van der Waals surface area (Å²) in [5, 5.41) is 17.3. The van der Waals surface area contributed by atoms with Crippen molar-refractivity contribution in [3.63, 3.8) is 0 Å². The van der Waals surface area contributed by atoms with Crippen molar-refractivity contribution in [1.82, 2.24) is 0 Å². The van der Waals surface area contributed by atoms with Gasteiger partial charge in [0.15, 0.2) is 0 Å². The van der Waals surface area contributed by atoms with Crippen molar-refractivity contribution >= 4 is 5.97 Å². The van der Waals surface area contributed by atoms with Gasteiger partial charge in [-0.1, -0.05) is 32.1 Å². The van der Waals surface area contributed by atoms with Crippen molar-refractivity contribution < 1.29 is 15.0 Å². The van der Waals surface area contributed by atoms with Gasteiger partial charge in [0.1, 0.15) is 0 Å². The van der Waals surface area contributed by atoms with Gasteiger partial charge in [0.25, 0.3) is 5.97 Å². The molecule has 0 radical (unpaired) electrons. The van der Waals surface area contributed by atoms with E-state index in [1.165, 1.54) is 18.4 Å². The molecule has 2 aliphatic carbocycles. The molecule has 0 spiro atoms. The molecule has 0 amide bonds. The van der Waals surface area contributed by atoms with Gasteiger partial charge >= 0.3 is 0 Å². The summed E-state index contributed by atoms with van der Waals surface area (Å²) in [6, 6.07) is 0. The van der Waals surface area contributed by atoms with E-state index >= 15 is 0 Å². The first-order valence-electron chi connectivity index (χ1n) is 7.37. The molecule has 2 N–H and O–H groups in total. The van der Waals surface area contributed by atoms with E-state index in [1.54, 1.807) is 0 Å². The van der Waals surface area contributed by atoms with Crippen LogP contribution < -0.4 is 0 Å². The van der Waals surface area contributed by atoms with Crippen molar-refractivity contribution in [3.8, 4) is 0 Å². The first kappa shape index (κ1) is 17.0. The van der Waals surface area contributed by atoms with Crippen LogP contribution in [0.25, 0.3) is 0 Å². The first-order chi connectivity index (χ1) is 9.15. The Morgan fingerprint density at radius 3 is 2.50 bits per heavy atom. The summed E-state index contributed by atoms with van der Waals surface area (Å²) in [5.41, 5.74) is 2.99. The van der Waals surface area contributed by atoms with E-state index in [0.29, 0.717) is 5.41 Å². The maximum atomic E-state index is 9.90. The maximum absolute atomic E-state index is 9.90. The van der Waals surface area contributed by atoms with Crippen LogP contribution in [-0.2, 0) is 4.79 Å². The largest absolute Gasteiger partial charge is 0.481 e. The maximum Gasteiger partial charge on any atom is 0.300 e. The predicted octanol–water partition coefficient (Wildman–Crippen LogP) is 3.79. The van der Waals surface area contributed by atoms with Crippen molar-refractivity contribution in [3.05, 3.63) is 23.8 Å². The van der Waals surface area contributed by atoms with Crippen LogP contribution in [-0.4, -0.2) is 22.3 Å². The predicted molar refractivity (Wildman–Crippen MR) is 81.4 cm³/mol. The van der Waals surface area contributed by atoms with Crippen LogP contribution in [0.5, 0.6) is 0 Å². The highest BCUT2D eigenvalue weighted by atomic mass is 16.4. The van der Waals surface area contributed by atoms with Gasteiger partial charge in [-0.3, -0.25) is 4.79 Å². The number of aliphatic hydroxyl groups is 1. The summed E-state index contributed by atoms with van der Waals surface area (Å²) in [6.45, 7) is 12.1. The average molecular weight is 280 g/mol. The second kappa shape index (κ2) is 6.57. The van der Waals surface area contributed by atoms with Crippen LogP contribution in [0.3, 0.4) is 0 Å². The highest BCUT2D eigenvalue weighted by Crippen LogP contribution is 2.56. The number of hydrogen-bond acceptors (Lipinski definition) is 2. The zero-order valence-electron chi connectivity index (χ0n) is 13.1. The smallest absolute Gasteiger partial charge is 0.300 e. The number of aliphatic carboxylic acids is 1. The Labute approximate surface area is 122 Å². The lowest BCUT2D eigenvalue weighted by molar-refractivity contribution is -0.134. The van der Waals surface area contributed by atoms with Gasteiger partial charge in [0, 0.05) is 6.92 Å². The van der Waals surface area contributed by atoms with Gasteiger partial charge in [-0.2, -0.15) is 0 Å². The molecule has 3 atom stereocenters. The molecule has 2 aliphatic rings. The summed E-state index contributed by atoms with van der Waals surface area (Å²) in [6.07, 6.45) is 6.16. The topological polar surface area (TPSA) is 57.5 Å². The number of aliphatic hydroxyl groups excluding tert-OH is 1. The van der Waals surface area contributed by atoms with Crippen LogP contribution in [0, 0.1) is 17.3 Å². The third-order valence-electron chi connectivity index (χ3n) is 4.73. The standard InChI is InChI=1S/C15H24O.C2H4O2/c1-10-6-8-14(16)11(2)5-7-13-12(10)9-15(13,3)4;1-2(3)4/h6,12-14,16H,2,5,7-9H2,1,3-4H3;1H3,(H,3,4). The fraction of sp³-hybridized carbons (Fsp3) is 0.706. The Kier molecular flexibility index (Phi) is 5.58. The molecule has 0 aromatic rings. The molecule has 3 heteroatoms. The molecule has 1 fully saturated rings. The van der Waals surface area contributed by atoms with Gasteiger partial charge in [-0.05, 0) is 55.4 Å². The molecular formula is C17H28O3. The van der Waals surface area contributed by atoms with Crippen molar-refractivity contribution in [2.45, 2.75) is 59.5 Å². The number of carbonyl (C=O) groups is 1. The van der Waals surface area contributed by atoms with E-state index < -0.39 is 5.97 Å². The summed E-state index contributed by atoms with van der Waals surface area (Å²) >= 11 is 0. The molecule has 0 aromatic heterocycles. The average Bonchev–Trinajstić information content (AvgIpc) is 2.34. The SMILES string of the molecule is C=C1CCC2C(CC2(C)C)C(C)=CCC1O.CC(=O)O. The van der Waals surface area contributed by atoms with Gasteiger partial charge in [0.2, 0.25) is 0 Å². The Bertz CT molecular complexity index is 402. The molecule has 0 saturated heterocycles. The zero-order chi connectivity index (χ0) is 15.5. The molecule has 0 aliphatic heterocycles. The van der Waals surface area contributed by atoms with E-state index in [9.17, 15) is 5.11 Å². The van der Waals surface area contributed by atoms with E-state index in [1.807, 2.05) is 0 Å². The molecule has 3 unspecified atom stereocenters. The van der Waals surface area contributed by atoms with Crippen LogP contribution in [0.2, 0.25) is 0 Å². The first-order valence-corrected chi connectivity index (χ1v) is 7.37. The lowest BCUT2D eigenvalue weighted by Gasteiger charge is -2.52. The second-order valence-electron chi connectivity index (χ2n) is 6.82. The minimum absolute atomic E-state index is 0.324. The molecule has 20 heavy (non-hydrogen) atoms. The third kappa shape index (κ3) is 4.20. The summed E-state index contributed by atoms with van der Waals surface area (Å²) in [7, 11) is 0. The quantitative estimate of drug-likeness (QED) is 0.664. The van der Waals surface area contributed by atoms with E-state index in [2.05, 4.69) is 33.4 Å². The highest BCUT2D eigenvalue weighted by Gasteiger charge is 2.47. The minimum atomic E-state index is -0.833. The molecule has 0 aromatic carbocycles. The molecular weight excluding hydrogens is 252 g/mol. The Balaban J connectivity index is 0.000000444. The zero-order valence-corrected chi connectivity index (χ0v) is 13.1. The minimum Gasteiger partial charge on any atom is -0.481 e. The van der Waals surface area contributed by atoms with Crippen molar-refractivity contribution in [2.75, 3.05) is 0 Å². The number of hydrogen-bond donors (Lipinski definition) is 2. The van der Waals surface area contributed by atoms with Crippen LogP contribution >= 0.6 is 0 Å². The lowest BCUT2D eigenvalue weighted by atomic mass is 9.52. The van der Waals surface area contributed by atoms with E-state index in [4.69, 9.17) is 9.90 Å². The molecule has 0 heterocycles. The van der Waals surface area contributed by atoms with Crippen LogP contribution in [0.4, 0.5) is 0 Å². The molecule has 114 valence electrons. The molecule has 3 nitrogen and oxygen atoms in total. The Hall–Kier alpha value is -1.09. The highest BCUT2D eigenvalue weighted by molar-refractivity contribution is 5.62. The third-order valence-corrected chi connectivity index (χ3v) is 4.73. The van der Waals surface area contributed by atoms with Crippen molar-refractivity contribution in [1.29, 1.82) is 0 Å². The Morgan fingerprint density at radius 1 is 1.45 bits per heavy atom. The summed E-state index contributed by atoms with van der Waals surface area (Å²) in [4.78, 5) is 9.00. The number of rotatable bonds is 0. The second-order valence-corrected chi connectivity index (χ2v) is 6.82. The molecule has 1 saturated carbocycles. The van der Waals surface area contributed by atoms with E-state index in [0.717, 1.165) is 37.2 Å². The van der Waals surface area contributed by atoms with Crippen LogP contribution in [0.1, 0.15) is 53.4 Å². The van der Waals surface area contributed by atoms with Gasteiger partial charge in [-0.15, -0.1) is 0 Å². The lowest BCUT2D eigenvalue weighted by Crippen LogP contribution is -2.44. The van der Waals surface area contributed by atoms with Gasteiger partial charge in [-0.25, -0.2) is 0 Å². The fourth-order valence-electron chi connectivity index (χ4n) is 3.44. The van der Waals surface area contributed by atoms with Crippen molar-refractivity contribution in [2.24, 2.45) is 17.3 Å². The normalized spacial score (nSPS) is 32.1. The fourth-order valence-corrected chi connectivity index (χ4v) is 3.44. The number of carboxylic acid groups (broad SMARTS) is 1. The Morgan fingerprint density at radius 2 is 2.00 bits per heavy atom.